The highest BCUT2D eigenvalue weighted by atomic mass is 35.5. The normalized spacial score (nSPS) is 13.8. The van der Waals surface area contributed by atoms with E-state index in [1.54, 1.807) is 24.3 Å². The number of carbonyl (C=O) groups is 2. The Balaban J connectivity index is 1.66. The van der Waals surface area contributed by atoms with Crippen LogP contribution in [-0.2, 0) is 11.3 Å². The van der Waals surface area contributed by atoms with Crippen LogP contribution in [0.5, 0.6) is 0 Å². The predicted octanol–water partition coefficient (Wildman–Crippen LogP) is 4.32. The Morgan fingerprint density at radius 3 is 2.45 bits per heavy atom. The number of nitrogens with zero attached hydrogens (tertiary/aromatic N) is 1. The van der Waals surface area contributed by atoms with Crippen molar-refractivity contribution in [1.29, 1.82) is 0 Å². The first-order valence-electron chi connectivity index (χ1n) is 9.92. The highest BCUT2D eigenvalue weighted by molar-refractivity contribution is 6.31. The molecule has 154 valence electrons. The second-order valence-corrected chi connectivity index (χ2v) is 8.93. The van der Waals surface area contributed by atoms with Crippen LogP contribution in [0.1, 0.15) is 42.6 Å². The van der Waals surface area contributed by atoms with Crippen LogP contribution < -0.4 is 11.1 Å². The monoisotopic (exact) mass is 413 g/mol. The summed E-state index contributed by atoms with van der Waals surface area (Å²) in [6.07, 6.45) is 1.96. The molecule has 1 fully saturated rings. The lowest BCUT2D eigenvalue weighted by Crippen LogP contribution is -2.42. The average molecular weight is 414 g/mol. The van der Waals surface area contributed by atoms with E-state index in [0.29, 0.717) is 35.9 Å². The molecule has 1 aliphatic rings. The van der Waals surface area contributed by atoms with Crippen molar-refractivity contribution in [2.24, 2.45) is 17.1 Å². The molecule has 0 unspecified atom stereocenters. The molecule has 3 N–H and O–H groups in total. The fourth-order valence-electron chi connectivity index (χ4n) is 3.13. The van der Waals surface area contributed by atoms with E-state index in [0.717, 1.165) is 18.4 Å². The molecular weight excluding hydrogens is 386 g/mol. The zero-order chi connectivity index (χ0) is 21.0. The van der Waals surface area contributed by atoms with Gasteiger partial charge < -0.3 is 16.0 Å². The maximum absolute atomic E-state index is 12.7. The third-order valence-electron chi connectivity index (χ3n) is 5.08. The summed E-state index contributed by atoms with van der Waals surface area (Å²) >= 11 is 5.95. The number of rotatable bonds is 8. The fraction of sp³-hybridized carbons (Fsp3) is 0.391. The number of hydrogen-bond acceptors (Lipinski definition) is 3. The first-order chi connectivity index (χ1) is 13.8. The van der Waals surface area contributed by atoms with E-state index in [-0.39, 0.29) is 23.1 Å². The van der Waals surface area contributed by atoms with Crippen LogP contribution in [0.15, 0.2) is 48.5 Å². The number of carbonyl (C=O) groups excluding carboxylic acids is 2. The number of benzene rings is 2. The van der Waals surface area contributed by atoms with E-state index >= 15 is 0 Å². The maximum Gasteiger partial charge on any atom is 0.255 e. The van der Waals surface area contributed by atoms with E-state index in [1.807, 2.05) is 29.2 Å². The summed E-state index contributed by atoms with van der Waals surface area (Å²) in [5.41, 5.74) is 7.97. The largest absolute Gasteiger partial charge is 0.338 e. The van der Waals surface area contributed by atoms with Gasteiger partial charge in [-0.15, -0.1) is 0 Å². The average Bonchev–Trinajstić information content (AvgIpc) is 3.53. The molecule has 0 bridgehead atoms. The quantitative estimate of drug-likeness (QED) is 0.676. The Labute approximate surface area is 177 Å². The van der Waals surface area contributed by atoms with Gasteiger partial charge in [-0.25, -0.2) is 0 Å². The molecule has 0 spiro atoms. The summed E-state index contributed by atoms with van der Waals surface area (Å²) in [6, 6.07) is 14.4. The lowest BCUT2D eigenvalue weighted by atomic mass is 9.92. The number of amides is 2. The highest BCUT2D eigenvalue weighted by Gasteiger charge is 2.35. The molecule has 2 aromatic carbocycles. The molecule has 29 heavy (non-hydrogen) atoms. The molecule has 0 aliphatic heterocycles. The zero-order valence-corrected chi connectivity index (χ0v) is 17.7. The van der Waals surface area contributed by atoms with E-state index in [1.165, 1.54) is 0 Å². The summed E-state index contributed by atoms with van der Waals surface area (Å²) in [4.78, 5) is 27.0. The minimum absolute atomic E-state index is 0.130. The second kappa shape index (κ2) is 8.97. The molecule has 0 radical (unpaired) electrons. The zero-order valence-electron chi connectivity index (χ0n) is 17.0. The van der Waals surface area contributed by atoms with Gasteiger partial charge >= 0.3 is 0 Å². The van der Waals surface area contributed by atoms with Gasteiger partial charge in [0.05, 0.1) is 0 Å². The molecule has 1 saturated carbocycles. The van der Waals surface area contributed by atoms with Crippen LogP contribution in [0.25, 0.3) is 0 Å². The Hall–Kier alpha value is -2.37. The van der Waals surface area contributed by atoms with Crippen molar-refractivity contribution in [3.63, 3.8) is 0 Å². The minimum atomic E-state index is -0.213. The van der Waals surface area contributed by atoms with Crippen molar-refractivity contribution in [2.75, 3.05) is 18.4 Å². The Morgan fingerprint density at radius 2 is 1.86 bits per heavy atom. The lowest BCUT2D eigenvalue weighted by molar-refractivity contribution is -0.134. The third-order valence-corrected chi connectivity index (χ3v) is 5.32. The molecule has 2 amide bonds. The van der Waals surface area contributed by atoms with Crippen molar-refractivity contribution in [3.8, 4) is 0 Å². The predicted molar refractivity (Wildman–Crippen MR) is 117 cm³/mol. The maximum atomic E-state index is 12.7. The number of nitrogens with two attached hydrogens (primary N) is 1. The number of halogens is 1. The SMILES string of the molecule is CC(C)(CN)CN(Cc1ccc(NC(=O)c2cccc(Cl)c2)cc1)C(=O)C1CC1. The van der Waals surface area contributed by atoms with E-state index < -0.39 is 0 Å². The van der Waals surface area contributed by atoms with Gasteiger partial charge in [-0.3, -0.25) is 9.59 Å². The number of anilines is 1. The van der Waals surface area contributed by atoms with E-state index in [2.05, 4.69) is 19.2 Å². The van der Waals surface area contributed by atoms with Crippen molar-refractivity contribution < 1.29 is 9.59 Å². The molecule has 2 aromatic rings. The number of hydrogen-bond donors (Lipinski definition) is 2. The van der Waals surface area contributed by atoms with E-state index in [9.17, 15) is 9.59 Å². The van der Waals surface area contributed by atoms with Crippen molar-refractivity contribution in [1.82, 2.24) is 4.90 Å². The van der Waals surface area contributed by atoms with Crippen LogP contribution in [0, 0.1) is 11.3 Å². The van der Waals surface area contributed by atoms with Gasteiger partial charge in [0.2, 0.25) is 5.91 Å². The molecule has 0 saturated heterocycles. The van der Waals surface area contributed by atoms with Crippen LogP contribution in [0.4, 0.5) is 5.69 Å². The van der Waals surface area contributed by atoms with Gasteiger partial charge in [0.25, 0.3) is 5.91 Å². The van der Waals surface area contributed by atoms with Gasteiger partial charge in [-0.2, -0.15) is 0 Å². The van der Waals surface area contributed by atoms with Gasteiger partial charge in [-0.05, 0) is 60.7 Å². The van der Waals surface area contributed by atoms with Crippen LogP contribution in [0.3, 0.4) is 0 Å². The summed E-state index contributed by atoms with van der Waals surface area (Å²) in [7, 11) is 0. The van der Waals surface area contributed by atoms with Gasteiger partial charge in [-0.1, -0.05) is 43.6 Å². The Kier molecular flexibility index (Phi) is 6.60. The molecule has 3 rings (SSSR count). The van der Waals surface area contributed by atoms with Crippen molar-refractivity contribution >= 4 is 29.1 Å². The summed E-state index contributed by atoms with van der Waals surface area (Å²) in [5.74, 6) is 0.167. The molecular formula is C23H28ClN3O2. The smallest absolute Gasteiger partial charge is 0.255 e. The summed E-state index contributed by atoms with van der Waals surface area (Å²) < 4.78 is 0. The summed E-state index contributed by atoms with van der Waals surface area (Å²) in [5, 5.41) is 3.39. The van der Waals surface area contributed by atoms with Crippen LogP contribution >= 0.6 is 11.6 Å². The number of nitrogens with one attached hydrogen (secondary N) is 1. The Bertz CT molecular complexity index is 876. The molecule has 5 nitrogen and oxygen atoms in total. The van der Waals surface area contributed by atoms with Crippen LogP contribution in [0.2, 0.25) is 5.02 Å². The van der Waals surface area contributed by atoms with Gasteiger partial charge in [0, 0.05) is 35.3 Å². The fourth-order valence-corrected chi connectivity index (χ4v) is 3.32. The first kappa shape index (κ1) is 21.3. The lowest BCUT2D eigenvalue weighted by Gasteiger charge is -2.32. The van der Waals surface area contributed by atoms with E-state index in [4.69, 9.17) is 17.3 Å². The van der Waals surface area contributed by atoms with Gasteiger partial charge in [0.15, 0.2) is 0 Å². The topological polar surface area (TPSA) is 75.4 Å². The molecule has 0 heterocycles. The summed E-state index contributed by atoms with van der Waals surface area (Å²) in [6.45, 7) is 5.85. The van der Waals surface area contributed by atoms with Crippen LogP contribution in [-0.4, -0.2) is 29.8 Å². The van der Waals surface area contributed by atoms with Crippen molar-refractivity contribution in [2.45, 2.75) is 33.2 Å². The Morgan fingerprint density at radius 1 is 1.17 bits per heavy atom. The first-order valence-corrected chi connectivity index (χ1v) is 10.3. The second-order valence-electron chi connectivity index (χ2n) is 8.50. The third kappa shape index (κ3) is 6.05. The standard InChI is InChI=1S/C23H28ClN3O2/c1-23(2,14-25)15-27(22(29)17-8-9-17)13-16-6-10-20(11-7-16)26-21(28)18-4-3-5-19(24)12-18/h3-7,10-12,17H,8-9,13-15,25H2,1-2H3,(H,26,28). The molecule has 1 aliphatic carbocycles. The van der Waals surface area contributed by atoms with Crippen molar-refractivity contribution in [3.05, 3.63) is 64.7 Å². The molecule has 0 atom stereocenters. The van der Waals surface area contributed by atoms with Gasteiger partial charge in [0.1, 0.15) is 0 Å². The molecule has 0 aromatic heterocycles. The highest BCUT2D eigenvalue weighted by Crippen LogP contribution is 2.32. The molecule has 6 heteroatoms. The minimum Gasteiger partial charge on any atom is -0.338 e.